The summed E-state index contributed by atoms with van der Waals surface area (Å²) in [5.74, 6) is 2.08. The van der Waals surface area contributed by atoms with Gasteiger partial charge >= 0.3 is 0 Å². The summed E-state index contributed by atoms with van der Waals surface area (Å²) in [4.78, 5) is 2.55. The molecule has 3 unspecified atom stereocenters. The van der Waals surface area contributed by atoms with E-state index in [0.29, 0.717) is 0 Å². The average Bonchev–Trinajstić information content (AvgIpc) is 1.91. The standard InChI is InChI=1S/C9H17N/c1-7-6-9-8(7)4-3-5-10(9)2/h7-9H,3-6H2,1-2H3. The van der Waals surface area contributed by atoms with Gasteiger partial charge in [0.2, 0.25) is 0 Å². The van der Waals surface area contributed by atoms with Gasteiger partial charge in [-0.25, -0.2) is 0 Å². The number of nitrogens with zero attached hydrogens (tertiary/aromatic N) is 1. The van der Waals surface area contributed by atoms with E-state index in [1.54, 1.807) is 0 Å². The highest BCUT2D eigenvalue weighted by Crippen LogP contribution is 2.42. The van der Waals surface area contributed by atoms with Crippen molar-refractivity contribution in [1.29, 1.82) is 0 Å². The summed E-state index contributed by atoms with van der Waals surface area (Å²) < 4.78 is 0. The first kappa shape index (κ1) is 6.66. The maximum Gasteiger partial charge on any atom is 0.0126 e. The topological polar surface area (TPSA) is 3.24 Å². The molecule has 58 valence electrons. The Morgan fingerprint density at radius 1 is 1.40 bits per heavy atom. The molecule has 1 heterocycles. The lowest BCUT2D eigenvalue weighted by atomic mass is 9.66. The summed E-state index contributed by atoms with van der Waals surface area (Å²) in [6.45, 7) is 3.74. The molecule has 2 rings (SSSR count). The molecule has 1 saturated carbocycles. The predicted molar refractivity (Wildman–Crippen MR) is 42.9 cm³/mol. The Morgan fingerprint density at radius 2 is 2.20 bits per heavy atom. The summed E-state index contributed by atoms with van der Waals surface area (Å²) in [5.41, 5.74) is 0. The molecule has 1 aliphatic carbocycles. The van der Waals surface area contributed by atoms with Crippen LogP contribution in [0.5, 0.6) is 0 Å². The fourth-order valence-electron chi connectivity index (χ4n) is 2.64. The van der Waals surface area contributed by atoms with Crippen molar-refractivity contribution >= 4 is 0 Å². The van der Waals surface area contributed by atoms with Gasteiger partial charge in [0.25, 0.3) is 0 Å². The minimum Gasteiger partial charge on any atom is -0.303 e. The molecule has 0 spiro atoms. The predicted octanol–water partition coefficient (Wildman–Crippen LogP) is 1.74. The largest absolute Gasteiger partial charge is 0.303 e. The first-order chi connectivity index (χ1) is 4.79. The minimum atomic E-state index is 0.962. The van der Waals surface area contributed by atoms with Crippen molar-refractivity contribution in [1.82, 2.24) is 4.90 Å². The van der Waals surface area contributed by atoms with Gasteiger partial charge in [0, 0.05) is 6.04 Å². The van der Waals surface area contributed by atoms with Crippen LogP contribution in [0.3, 0.4) is 0 Å². The van der Waals surface area contributed by atoms with Gasteiger partial charge in [-0.15, -0.1) is 0 Å². The zero-order valence-electron chi connectivity index (χ0n) is 7.01. The molecule has 0 amide bonds. The van der Waals surface area contributed by atoms with Crippen molar-refractivity contribution in [2.45, 2.75) is 32.2 Å². The van der Waals surface area contributed by atoms with Crippen molar-refractivity contribution in [2.24, 2.45) is 11.8 Å². The highest BCUT2D eigenvalue weighted by atomic mass is 15.2. The van der Waals surface area contributed by atoms with Gasteiger partial charge in [-0.05, 0) is 44.7 Å². The van der Waals surface area contributed by atoms with Crippen LogP contribution in [0.1, 0.15) is 26.2 Å². The van der Waals surface area contributed by atoms with E-state index in [4.69, 9.17) is 0 Å². The van der Waals surface area contributed by atoms with Crippen LogP contribution in [0.15, 0.2) is 0 Å². The monoisotopic (exact) mass is 139 g/mol. The smallest absolute Gasteiger partial charge is 0.0126 e. The normalized spacial score (nSPS) is 48.0. The first-order valence-corrected chi connectivity index (χ1v) is 4.49. The molecule has 3 atom stereocenters. The molecule has 0 radical (unpaired) electrons. The summed E-state index contributed by atoms with van der Waals surface area (Å²) in [5, 5.41) is 0. The minimum absolute atomic E-state index is 0.962. The van der Waals surface area contributed by atoms with E-state index in [1.165, 1.54) is 25.8 Å². The van der Waals surface area contributed by atoms with Crippen molar-refractivity contribution in [3.05, 3.63) is 0 Å². The third-order valence-electron chi connectivity index (χ3n) is 3.45. The molecular formula is C9H17N. The van der Waals surface area contributed by atoms with Gasteiger partial charge in [0.1, 0.15) is 0 Å². The lowest BCUT2D eigenvalue weighted by Gasteiger charge is -2.51. The molecule has 2 fully saturated rings. The van der Waals surface area contributed by atoms with Crippen LogP contribution in [-0.4, -0.2) is 24.5 Å². The van der Waals surface area contributed by atoms with Crippen LogP contribution in [-0.2, 0) is 0 Å². The zero-order chi connectivity index (χ0) is 7.14. The molecule has 0 N–H and O–H groups in total. The molecule has 0 aromatic heterocycles. The highest BCUT2D eigenvalue weighted by Gasteiger charge is 2.41. The fourth-order valence-corrected chi connectivity index (χ4v) is 2.64. The van der Waals surface area contributed by atoms with Gasteiger partial charge in [0.15, 0.2) is 0 Å². The van der Waals surface area contributed by atoms with Crippen LogP contribution in [0.4, 0.5) is 0 Å². The molecular weight excluding hydrogens is 122 g/mol. The molecule has 0 bridgehead atoms. The van der Waals surface area contributed by atoms with Gasteiger partial charge in [-0.3, -0.25) is 0 Å². The molecule has 2 aliphatic rings. The SMILES string of the molecule is CC1CC2C1CCCN2C. The lowest BCUT2D eigenvalue weighted by molar-refractivity contribution is -0.00928. The van der Waals surface area contributed by atoms with Gasteiger partial charge in [-0.2, -0.15) is 0 Å². The number of rotatable bonds is 0. The summed E-state index contributed by atoms with van der Waals surface area (Å²) in [6, 6.07) is 0.962. The second-order valence-electron chi connectivity index (χ2n) is 4.07. The molecule has 0 aromatic carbocycles. The van der Waals surface area contributed by atoms with Crippen molar-refractivity contribution < 1.29 is 0 Å². The fraction of sp³-hybridized carbons (Fsp3) is 1.00. The van der Waals surface area contributed by atoms with E-state index in [1.807, 2.05) is 0 Å². The summed E-state index contributed by atoms with van der Waals surface area (Å²) in [7, 11) is 2.28. The molecule has 1 aliphatic heterocycles. The lowest BCUT2D eigenvalue weighted by Crippen LogP contribution is -2.53. The van der Waals surface area contributed by atoms with E-state index < -0.39 is 0 Å². The Kier molecular flexibility index (Phi) is 1.48. The Labute approximate surface area is 63.4 Å². The van der Waals surface area contributed by atoms with Crippen LogP contribution in [0.25, 0.3) is 0 Å². The van der Waals surface area contributed by atoms with Crippen LogP contribution < -0.4 is 0 Å². The van der Waals surface area contributed by atoms with E-state index in [-0.39, 0.29) is 0 Å². The van der Waals surface area contributed by atoms with Crippen molar-refractivity contribution in [3.8, 4) is 0 Å². The molecule has 0 aromatic rings. The third kappa shape index (κ3) is 0.800. The molecule has 1 nitrogen and oxygen atoms in total. The average molecular weight is 139 g/mol. The highest BCUT2D eigenvalue weighted by molar-refractivity contribution is 4.95. The zero-order valence-corrected chi connectivity index (χ0v) is 7.01. The van der Waals surface area contributed by atoms with Gasteiger partial charge in [0.05, 0.1) is 0 Å². The number of hydrogen-bond acceptors (Lipinski definition) is 1. The number of hydrogen-bond donors (Lipinski definition) is 0. The van der Waals surface area contributed by atoms with E-state index in [9.17, 15) is 0 Å². The van der Waals surface area contributed by atoms with E-state index in [2.05, 4.69) is 18.9 Å². The van der Waals surface area contributed by atoms with Gasteiger partial charge < -0.3 is 4.90 Å². The Bertz CT molecular complexity index is 131. The van der Waals surface area contributed by atoms with Crippen LogP contribution in [0, 0.1) is 11.8 Å². The second-order valence-corrected chi connectivity index (χ2v) is 4.07. The van der Waals surface area contributed by atoms with Crippen LogP contribution >= 0.6 is 0 Å². The summed E-state index contributed by atoms with van der Waals surface area (Å²) in [6.07, 6.45) is 4.39. The third-order valence-corrected chi connectivity index (χ3v) is 3.45. The molecule has 1 heteroatoms. The summed E-state index contributed by atoms with van der Waals surface area (Å²) >= 11 is 0. The second kappa shape index (κ2) is 2.23. The maximum atomic E-state index is 2.55. The molecule has 1 saturated heterocycles. The van der Waals surface area contributed by atoms with E-state index >= 15 is 0 Å². The quantitative estimate of drug-likeness (QED) is 0.494. The van der Waals surface area contributed by atoms with Crippen molar-refractivity contribution in [3.63, 3.8) is 0 Å². The molecule has 10 heavy (non-hydrogen) atoms. The Balaban J connectivity index is 1.99. The number of likely N-dealkylation sites (tertiary alicyclic amines) is 1. The van der Waals surface area contributed by atoms with Gasteiger partial charge in [-0.1, -0.05) is 6.92 Å². The number of piperidine rings is 1. The van der Waals surface area contributed by atoms with Crippen LogP contribution in [0.2, 0.25) is 0 Å². The maximum absolute atomic E-state index is 2.55. The van der Waals surface area contributed by atoms with Crippen molar-refractivity contribution in [2.75, 3.05) is 13.6 Å². The van der Waals surface area contributed by atoms with E-state index in [0.717, 1.165) is 17.9 Å². The number of fused-ring (bicyclic) bond motifs is 1. The Morgan fingerprint density at radius 3 is 2.80 bits per heavy atom. The first-order valence-electron chi connectivity index (χ1n) is 4.49. The Hall–Kier alpha value is -0.0400.